The maximum Gasteiger partial charge on any atom is 0.338 e. The Morgan fingerprint density at radius 3 is 2.30 bits per heavy atom. The third-order valence-electron chi connectivity index (χ3n) is 4.17. The highest BCUT2D eigenvalue weighted by molar-refractivity contribution is 6.03. The molecule has 0 spiro atoms. The Bertz CT molecular complexity index is 444. The van der Waals surface area contributed by atoms with E-state index in [4.69, 9.17) is 27.7 Å². The van der Waals surface area contributed by atoms with Gasteiger partial charge in [-0.3, -0.25) is 4.99 Å². The van der Waals surface area contributed by atoms with Crippen LogP contribution in [0.1, 0.15) is 38.5 Å². The molecular formula is C14H27N5O4. The fraction of sp³-hybridized carbons (Fsp3) is 0.786. The number of esters is 1. The number of ether oxygens (including phenoxy) is 1. The number of aliphatic imine (C=N–C) groups is 1. The van der Waals surface area contributed by atoms with Crippen LogP contribution in [0.25, 0.3) is 0 Å². The Balaban J connectivity index is 2.56. The van der Waals surface area contributed by atoms with Gasteiger partial charge >= 0.3 is 11.9 Å². The van der Waals surface area contributed by atoms with Gasteiger partial charge in [0, 0.05) is 6.54 Å². The highest BCUT2D eigenvalue weighted by Crippen LogP contribution is 2.26. The Morgan fingerprint density at radius 2 is 1.83 bits per heavy atom. The van der Waals surface area contributed by atoms with Crippen LogP contribution < -0.4 is 22.9 Å². The second kappa shape index (κ2) is 8.68. The fourth-order valence-electron chi connectivity index (χ4n) is 2.60. The van der Waals surface area contributed by atoms with Crippen LogP contribution in [-0.2, 0) is 14.3 Å². The molecule has 0 aromatic carbocycles. The molecule has 0 amide bonds. The number of carbonyl (C=O) groups is 2. The molecule has 1 saturated carbocycles. The van der Waals surface area contributed by atoms with Gasteiger partial charge in [0.1, 0.15) is 6.10 Å². The highest BCUT2D eigenvalue weighted by Gasteiger charge is 2.44. The van der Waals surface area contributed by atoms with Crippen LogP contribution in [0.3, 0.4) is 0 Å². The zero-order valence-electron chi connectivity index (χ0n) is 13.2. The van der Waals surface area contributed by atoms with E-state index in [0.717, 1.165) is 12.8 Å². The minimum atomic E-state index is -2.08. The Kier molecular flexibility index (Phi) is 7.24. The second-order valence-electron chi connectivity index (χ2n) is 5.97. The maximum atomic E-state index is 12.2. The van der Waals surface area contributed by atoms with Crippen LogP contribution in [0.4, 0.5) is 0 Å². The molecule has 0 aromatic rings. The SMILES string of the molecule is NCC1CCC(OC(=O)[C@@](N)(CCCN=C(N)N)C(=O)O)CC1. The number of guanidine groups is 1. The van der Waals surface area contributed by atoms with Crippen molar-refractivity contribution in [1.82, 2.24) is 0 Å². The van der Waals surface area contributed by atoms with E-state index in [0.29, 0.717) is 25.3 Å². The molecule has 0 radical (unpaired) electrons. The summed E-state index contributed by atoms with van der Waals surface area (Å²) in [5, 5.41) is 9.29. The van der Waals surface area contributed by atoms with Crippen molar-refractivity contribution in [1.29, 1.82) is 0 Å². The molecule has 9 heteroatoms. The summed E-state index contributed by atoms with van der Waals surface area (Å²) in [5.74, 6) is -1.98. The topological polar surface area (TPSA) is 180 Å². The van der Waals surface area contributed by atoms with Gasteiger partial charge in [-0.25, -0.2) is 9.59 Å². The molecule has 9 N–H and O–H groups in total. The van der Waals surface area contributed by atoms with Gasteiger partial charge in [-0.1, -0.05) is 0 Å². The molecular weight excluding hydrogens is 302 g/mol. The highest BCUT2D eigenvalue weighted by atomic mass is 16.5. The first-order chi connectivity index (χ1) is 10.8. The van der Waals surface area contributed by atoms with E-state index in [1.807, 2.05) is 0 Å². The van der Waals surface area contributed by atoms with E-state index in [1.54, 1.807) is 0 Å². The Morgan fingerprint density at radius 1 is 1.22 bits per heavy atom. The molecule has 1 atom stereocenters. The summed E-state index contributed by atoms with van der Waals surface area (Å²) in [5.41, 5.74) is 19.7. The second-order valence-corrected chi connectivity index (χ2v) is 5.97. The molecule has 0 saturated heterocycles. The normalized spacial score (nSPS) is 23.6. The first kappa shape index (κ1) is 19.2. The predicted molar refractivity (Wildman–Crippen MR) is 85.4 cm³/mol. The van der Waals surface area contributed by atoms with Gasteiger partial charge in [0.2, 0.25) is 5.54 Å². The van der Waals surface area contributed by atoms with Gasteiger partial charge in [-0.2, -0.15) is 0 Å². The third kappa shape index (κ3) is 5.68. The Hall–Kier alpha value is -1.87. The summed E-state index contributed by atoms with van der Waals surface area (Å²) in [6, 6.07) is 0. The van der Waals surface area contributed by atoms with Crippen molar-refractivity contribution >= 4 is 17.9 Å². The van der Waals surface area contributed by atoms with E-state index in [-0.39, 0.29) is 31.4 Å². The molecule has 0 aromatic heterocycles. The zero-order valence-corrected chi connectivity index (χ0v) is 13.2. The van der Waals surface area contributed by atoms with Crippen molar-refractivity contribution < 1.29 is 19.4 Å². The van der Waals surface area contributed by atoms with Crippen LogP contribution in [0.15, 0.2) is 4.99 Å². The van der Waals surface area contributed by atoms with Crippen LogP contribution in [-0.4, -0.2) is 47.7 Å². The molecule has 1 rings (SSSR count). The number of nitrogens with zero attached hydrogens (tertiary/aromatic N) is 1. The maximum absolute atomic E-state index is 12.2. The van der Waals surface area contributed by atoms with Crippen molar-refractivity contribution in [2.75, 3.05) is 13.1 Å². The predicted octanol–water partition coefficient (Wildman–Crippen LogP) is -1.12. The molecule has 0 unspecified atom stereocenters. The van der Waals surface area contributed by atoms with Gasteiger partial charge in [0.05, 0.1) is 0 Å². The van der Waals surface area contributed by atoms with Crippen LogP contribution >= 0.6 is 0 Å². The summed E-state index contributed by atoms with van der Waals surface area (Å²) < 4.78 is 5.32. The summed E-state index contributed by atoms with van der Waals surface area (Å²) in [6.07, 6.45) is 2.94. The molecule has 0 heterocycles. The lowest BCUT2D eigenvalue weighted by molar-refractivity contribution is -0.166. The van der Waals surface area contributed by atoms with Crippen LogP contribution in [0.5, 0.6) is 0 Å². The van der Waals surface area contributed by atoms with Crippen LogP contribution in [0.2, 0.25) is 0 Å². The molecule has 132 valence electrons. The molecule has 0 aliphatic heterocycles. The zero-order chi connectivity index (χ0) is 17.5. The largest absolute Gasteiger partial charge is 0.479 e. The molecule has 0 bridgehead atoms. The van der Waals surface area contributed by atoms with Crippen molar-refractivity contribution in [2.45, 2.75) is 50.2 Å². The van der Waals surface area contributed by atoms with Crippen LogP contribution in [0, 0.1) is 5.92 Å². The van der Waals surface area contributed by atoms with Crippen molar-refractivity contribution in [3.05, 3.63) is 0 Å². The summed E-state index contributed by atoms with van der Waals surface area (Å²) in [7, 11) is 0. The van der Waals surface area contributed by atoms with Crippen molar-refractivity contribution in [2.24, 2.45) is 33.8 Å². The average Bonchev–Trinajstić information content (AvgIpc) is 2.51. The lowest BCUT2D eigenvalue weighted by Gasteiger charge is -2.30. The first-order valence-corrected chi connectivity index (χ1v) is 7.78. The van der Waals surface area contributed by atoms with Gasteiger partial charge in [0.25, 0.3) is 0 Å². The quantitative estimate of drug-likeness (QED) is 0.122. The molecule has 1 aliphatic rings. The van der Waals surface area contributed by atoms with E-state index < -0.39 is 17.5 Å². The smallest absolute Gasteiger partial charge is 0.338 e. The minimum Gasteiger partial charge on any atom is -0.479 e. The van der Waals surface area contributed by atoms with E-state index in [2.05, 4.69) is 4.99 Å². The van der Waals surface area contributed by atoms with Gasteiger partial charge < -0.3 is 32.8 Å². The van der Waals surface area contributed by atoms with E-state index in [1.165, 1.54) is 0 Å². The number of hydrogen-bond donors (Lipinski definition) is 5. The number of carbonyl (C=O) groups excluding carboxylic acids is 1. The minimum absolute atomic E-state index is 0.0952. The van der Waals surface area contributed by atoms with Gasteiger partial charge in [0.15, 0.2) is 5.96 Å². The number of aliphatic carboxylic acids is 1. The lowest BCUT2D eigenvalue weighted by atomic mass is 9.87. The Labute approximate surface area is 135 Å². The number of carboxylic acid groups (broad SMARTS) is 1. The van der Waals surface area contributed by atoms with Gasteiger partial charge in [-0.15, -0.1) is 0 Å². The lowest BCUT2D eigenvalue weighted by Crippen LogP contribution is -2.56. The molecule has 23 heavy (non-hydrogen) atoms. The molecule has 1 fully saturated rings. The molecule has 9 nitrogen and oxygen atoms in total. The number of rotatable bonds is 8. The number of nitrogens with two attached hydrogens (primary N) is 4. The summed E-state index contributed by atoms with van der Waals surface area (Å²) >= 11 is 0. The first-order valence-electron chi connectivity index (χ1n) is 7.78. The monoisotopic (exact) mass is 329 g/mol. The number of hydrogen-bond acceptors (Lipinski definition) is 6. The van der Waals surface area contributed by atoms with E-state index in [9.17, 15) is 14.7 Å². The average molecular weight is 329 g/mol. The standard InChI is InChI=1S/C14H27N5O4/c15-8-9-2-4-10(5-3-9)23-12(22)14(18,11(20)21)6-1-7-19-13(16)17/h9-10H,1-8,15,18H2,(H,20,21)(H4,16,17,19)/t9?,10?,14-/m1/s1. The fourth-order valence-corrected chi connectivity index (χ4v) is 2.60. The summed E-state index contributed by atoms with van der Waals surface area (Å²) in [6.45, 7) is 0.810. The third-order valence-corrected chi connectivity index (χ3v) is 4.17. The molecule has 1 aliphatic carbocycles. The van der Waals surface area contributed by atoms with Crippen molar-refractivity contribution in [3.8, 4) is 0 Å². The van der Waals surface area contributed by atoms with E-state index >= 15 is 0 Å². The summed E-state index contributed by atoms with van der Waals surface area (Å²) in [4.78, 5) is 27.4. The van der Waals surface area contributed by atoms with Crippen molar-refractivity contribution in [3.63, 3.8) is 0 Å². The van der Waals surface area contributed by atoms with Gasteiger partial charge in [-0.05, 0) is 51.0 Å². The number of carboxylic acids is 1.